The molecule has 5 rings (SSSR count). The first-order valence-electron chi connectivity index (χ1n) is 11.9. The number of rotatable bonds is 4. The number of nitrogens with one attached hydrogen (secondary N) is 1. The Labute approximate surface area is 207 Å². The molecule has 0 bridgehead atoms. The lowest BCUT2D eigenvalue weighted by Crippen LogP contribution is -2.54. The third kappa shape index (κ3) is 5.19. The van der Waals surface area contributed by atoms with Crippen molar-refractivity contribution in [3.05, 3.63) is 46.2 Å². The van der Waals surface area contributed by atoms with E-state index < -0.39 is 0 Å². The molecule has 1 N–H and O–H groups in total. The lowest BCUT2D eigenvalue weighted by Gasteiger charge is -2.42. The maximum absolute atomic E-state index is 13.4. The molecule has 3 aliphatic rings. The molecule has 35 heavy (non-hydrogen) atoms. The summed E-state index contributed by atoms with van der Waals surface area (Å²) >= 11 is 1.36. The lowest BCUT2D eigenvalue weighted by molar-refractivity contribution is -0.146. The molecule has 3 aliphatic heterocycles. The summed E-state index contributed by atoms with van der Waals surface area (Å²) in [7, 11) is 1.77. The van der Waals surface area contributed by atoms with Crippen molar-refractivity contribution in [3.8, 4) is 5.75 Å². The van der Waals surface area contributed by atoms with Crippen LogP contribution in [0.25, 0.3) is 0 Å². The molecule has 0 saturated carbocycles. The number of hydrogen-bond acceptors (Lipinski definition) is 7. The zero-order valence-electron chi connectivity index (χ0n) is 19.6. The Kier molecular flexibility index (Phi) is 7.03. The molecule has 0 unspecified atom stereocenters. The first-order chi connectivity index (χ1) is 17.0. The van der Waals surface area contributed by atoms with Crippen molar-refractivity contribution in [1.82, 2.24) is 9.80 Å². The molecule has 2 fully saturated rings. The van der Waals surface area contributed by atoms with E-state index in [4.69, 9.17) is 14.2 Å². The standard InChI is InChI=1S/C25H29N3O6S/c1-27-19-6-5-17(14-23(29)28-8-10-32-11-9-28)34-21(19)15-33-20-7-4-16(13-18(20)25(27)31)26-24(30)22-3-2-12-35-22/h2-4,7,12-13,17,19,21H,5-6,8-11,14-15H2,1H3,(H,26,30)/t17-,19+,21-/m0/s1. The zero-order valence-corrected chi connectivity index (χ0v) is 20.4. The van der Waals surface area contributed by atoms with E-state index in [9.17, 15) is 14.4 Å². The number of anilines is 1. The average Bonchev–Trinajstić information content (AvgIpc) is 3.42. The highest BCUT2D eigenvalue weighted by Crippen LogP contribution is 2.33. The number of ether oxygens (including phenoxy) is 3. The van der Waals surface area contributed by atoms with Crippen molar-refractivity contribution in [3.63, 3.8) is 0 Å². The normalized spacial score (nSPS) is 24.5. The Morgan fingerprint density at radius 1 is 1.17 bits per heavy atom. The van der Waals surface area contributed by atoms with Crippen molar-refractivity contribution < 1.29 is 28.6 Å². The van der Waals surface area contributed by atoms with Crippen molar-refractivity contribution in [2.24, 2.45) is 0 Å². The Balaban J connectivity index is 1.27. The van der Waals surface area contributed by atoms with Gasteiger partial charge >= 0.3 is 0 Å². The number of carbonyl (C=O) groups is 3. The van der Waals surface area contributed by atoms with Gasteiger partial charge < -0.3 is 29.3 Å². The highest BCUT2D eigenvalue weighted by molar-refractivity contribution is 7.12. The number of benzene rings is 1. The fourth-order valence-corrected chi connectivity index (χ4v) is 5.46. The summed E-state index contributed by atoms with van der Waals surface area (Å²) in [6.07, 6.45) is 1.21. The second-order valence-corrected chi connectivity index (χ2v) is 9.96. The van der Waals surface area contributed by atoms with Gasteiger partial charge in [0.05, 0.1) is 42.2 Å². The van der Waals surface area contributed by atoms with Crippen LogP contribution in [0.1, 0.15) is 39.3 Å². The second-order valence-electron chi connectivity index (χ2n) is 9.01. The predicted molar refractivity (Wildman–Crippen MR) is 130 cm³/mol. The van der Waals surface area contributed by atoms with Gasteiger partial charge in [-0.25, -0.2) is 0 Å². The van der Waals surface area contributed by atoms with Crippen molar-refractivity contribution >= 4 is 34.7 Å². The van der Waals surface area contributed by atoms with Crippen LogP contribution in [-0.2, 0) is 14.3 Å². The number of fused-ring (bicyclic) bond motifs is 2. The topological polar surface area (TPSA) is 97.4 Å². The summed E-state index contributed by atoms with van der Waals surface area (Å²) in [6, 6.07) is 8.50. The molecular formula is C25H29N3O6S. The van der Waals surface area contributed by atoms with Crippen LogP contribution in [0.15, 0.2) is 35.7 Å². The second kappa shape index (κ2) is 10.3. The summed E-state index contributed by atoms with van der Waals surface area (Å²) in [5.74, 6) is 0.124. The summed E-state index contributed by atoms with van der Waals surface area (Å²) in [5.41, 5.74) is 0.936. The van der Waals surface area contributed by atoms with E-state index in [1.165, 1.54) is 11.3 Å². The maximum atomic E-state index is 13.4. The van der Waals surface area contributed by atoms with E-state index in [-0.39, 0.29) is 42.6 Å². The minimum absolute atomic E-state index is 0.0791. The Hall–Kier alpha value is -2.95. The Bertz CT molecular complexity index is 1080. The minimum atomic E-state index is -0.327. The van der Waals surface area contributed by atoms with Crippen LogP contribution >= 0.6 is 11.3 Å². The van der Waals surface area contributed by atoms with E-state index in [0.717, 1.165) is 6.42 Å². The molecule has 9 nitrogen and oxygen atoms in total. The summed E-state index contributed by atoms with van der Waals surface area (Å²) in [5, 5.41) is 4.69. The molecule has 0 aliphatic carbocycles. The van der Waals surface area contributed by atoms with Gasteiger partial charge in [-0.3, -0.25) is 14.4 Å². The monoisotopic (exact) mass is 499 g/mol. The molecule has 1 aromatic heterocycles. The summed E-state index contributed by atoms with van der Waals surface area (Å²) < 4.78 is 17.6. The number of hydrogen-bond donors (Lipinski definition) is 1. The minimum Gasteiger partial charge on any atom is -0.490 e. The van der Waals surface area contributed by atoms with Gasteiger partial charge in [0.25, 0.3) is 11.8 Å². The van der Waals surface area contributed by atoms with Gasteiger partial charge in [-0.2, -0.15) is 0 Å². The molecule has 3 amide bonds. The first kappa shape index (κ1) is 23.8. The van der Waals surface area contributed by atoms with Crippen LogP contribution in [0.3, 0.4) is 0 Å². The fraction of sp³-hybridized carbons (Fsp3) is 0.480. The molecule has 2 aromatic rings. The molecule has 3 atom stereocenters. The number of amides is 3. The van der Waals surface area contributed by atoms with E-state index in [2.05, 4.69) is 5.32 Å². The summed E-state index contributed by atoms with van der Waals surface area (Å²) in [4.78, 5) is 42.6. The molecular weight excluding hydrogens is 470 g/mol. The molecule has 0 spiro atoms. The number of likely N-dealkylation sites (N-methyl/N-ethyl adjacent to an activating group) is 1. The van der Waals surface area contributed by atoms with Gasteiger partial charge in [-0.1, -0.05) is 6.07 Å². The van der Waals surface area contributed by atoms with E-state index >= 15 is 0 Å². The van der Waals surface area contributed by atoms with Crippen molar-refractivity contribution in [1.29, 1.82) is 0 Å². The third-order valence-electron chi connectivity index (χ3n) is 6.78. The van der Waals surface area contributed by atoms with Crippen molar-refractivity contribution in [2.45, 2.75) is 37.5 Å². The molecule has 0 radical (unpaired) electrons. The molecule has 1 aromatic carbocycles. The lowest BCUT2D eigenvalue weighted by atomic mass is 9.94. The Morgan fingerprint density at radius 2 is 2.00 bits per heavy atom. The maximum Gasteiger partial charge on any atom is 0.265 e. The highest BCUT2D eigenvalue weighted by Gasteiger charge is 2.39. The quantitative estimate of drug-likeness (QED) is 0.695. The van der Waals surface area contributed by atoms with Gasteiger partial charge in [0.1, 0.15) is 18.5 Å². The first-order valence-corrected chi connectivity index (χ1v) is 12.8. The Morgan fingerprint density at radius 3 is 2.77 bits per heavy atom. The van der Waals surface area contributed by atoms with E-state index in [1.807, 2.05) is 16.3 Å². The van der Waals surface area contributed by atoms with Gasteiger partial charge in [0.2, 0.25) is 5.91 Å². The zero-order chi connectivity index (χ0) is 24.4. The number of thiophene rings is 1. The van der Waals surface area contributed by atoms with Gasteiger partial charge in [-0.15, -0.1) is 11.3 Å². The van der Waals surface area contributed by atoms with Crippen LogP contribution in [-0.4, -0.2) is 85.7 Å². The molecule has 10 heteroatoms. The SMILES string of the molecule is CN1C(=O)c2cc(NC(=O)c3cccs3)ccc2OC[C@@H]2O[C@H](CC(=O)N3CCOCC3)CC[C@H]21. The molecule has 2 saturated heterocycles. The van der Waals surface area contributed by atoms with Gasteiger partial charge in [-0.05, 0) is 42.5 Å². The smallest absolute Gasteiger partial charge is 0.265 e. The van der Waals surface area contributed by atoms with E-state index in [1.54, 1.807) is 36.2 Å². The van der Waals surface area contributed by atoms with Crippen LogP contribution in [0.5, 0.6) is 5.75 Å². The largest absolute Gasteiger partial charge is 0.490 e. The number of nitrogens with zero attached hydrogens (tertiary/aromatic N) is 2. The van der Waals surface area contributed by atoms with Crippen LogP contribution in [0.4, 0.5) is 5.69 Å². The average molecular weight is 500 g/mol. The van der Waals surface area contributed by atoms with Gasteiger partial charge in [0, 0.05) is 25.8 Å². The third-order valence-corrected chi connectivity index (χ3v) is 7.65. The van der Waals surface area contributed by atoms with E-state index in [0.29, 0.717) is 61.0 Å². The highest BCUT2D eigenvalue weighted by atomic mass is 32.1. The number of morpholine rings is 1. The predicted octanol–water partition coefficient (Wildman–Crippen LogP) is 2.63. The summed E-state index contributed by atoms with van der Waals surface area (Å²) in [6.45, 7) is 2.65. The number of carbonyl (C=O) groups excluding carboxylic acids is 3. The molecule has 4 heterocycles. The molecule has 186 valence electrons. The van der Waals surface area contributed by atoms with Crippen molar-refractivity contribution in [2.75, 3.05) is 45.3 Å². The van der Waals surface area contributed by atoms with Crippen LogP contribution < -0.4 is 10.1 Å². The van der Waals surface area contributed by atoms with Crippen LogP contribution in [0.2, 0.25) is 0 Å². The fourth-order valence-electron chi connectivity index (χ4n) is 4.84. The van der Waals surface area contributed by atoms with Crippen LogP contribution in [0, 0.1) is 0 Å². The van der Waals surface area contributed by atoms with Gasteiger partial charge in [0.15, 0.2) is 0 Å².